The molecular weight excluding hydrogens is 306 g/mol. The summed E-state index contributed by atoms with van der Waals surface area (Å²) in [6, 6.07) is 12.4. The van der Waals surface area contributed by atoms with Crippen LogP contribution in [-0.4, -0.2) is 17.2 Å². The number of rotatable bonds is 3. The Labute approximate surface area is 142 Å². The van der Waals surface area contributed by atoms with E-state index in [9.17, 15) is 0 Å². The molecule has 5 heteroatoms. The summed E-state index contributed by atoms with van der Waals surface area (Å²) in [6.07, 6.45) is 3.30. The van der Waals surface area contributed by atoms with Gasteiger partial charge in [-0.2, -0.15) is 0 Å². The molecule has 2 aromatic rings. The van der Waals surface area contributed by atoms with E-state index in [1.807, 2.05) is 31.2 Å². The lowest BCUT2D eigenvalue weighted by atomic mass is 9.87. The highest BCUT2D eigenvalue weighted by atomic mass is 32.1. The van der Waals surface area contributed by atoms with Gasteiger partial charge in [-0.15, -0.1) is 0 Å². The first-order chi connectivity index (χ1) is 11.2. The normalized spacial score (nSPS) is 16.3. The molecule has 0 spiro atoms. The van der Waals surface area contributed by atoms with Gasteiger partial charge in [0.25, 0.3) is 0 Å². The van der Waals surface area contributed by atoms with Gasteiger partial charge in [0.1, 0.15) is 11.6 Å². The minimum absolute atomic E-state index is 0.231. The lowest BCUT2D eigenvalue weighted by Gasteiger charge is -2.28. The second kappa shape index (κ2) is 6.96. The Morgan fingerprint density at radius 2 is 2.17 bits per heavy atom. The number of pyridine rings is 1. The van der Waals surface area contributed by atoms with Gasteiger partial charge in [-0.3, -0.25) is 0 Å². The molecule has 1 aromatic heterocycles. The second-order valence-electron chi connectivity index (χ2n) is 5.77. The summed E-state index contributed by atoms with van der Waals surface area (Å²) in [4.78, 5) is 4.42. The lowest BCUT2D eigenvalue weighted by molar-refractivity contribution is 0.412. The van der Waals surface area contributed by atoms with Crippen molar-refractivity contribution in [3.63, 3.8) is 0 Å². The van der Waals surface area contributed by atoms with Gasteiger partial charge in [0.15, 0.2) is 5.11 Å². The predicted molar refractivity (Wildman–Crippen MR) is 97.0 cm³/mol. The van der Waals surface area contributed by atoms with Gasteiger partial charge in [0, 0.05) is 5.69 Å². The Kier molecular flexibility index (Phi) is 4.76. The predicted octanol–water partition coefficient (Wildman–Crippen LogP) is 3.76. The number of methoxy groups -OCH3 is 1. The number of anilines is 1. The minimum Gasteiger partial charge on any atom is -0.497 e. The number of nitrogens with zero attached hydrogens (tertiary/aromatic N) is 1. The van der Waals surface area contributed by atoms with E-state index in [2.05, 4.69) is 27.8 Å². The maximum absolute atomic E-state index is 5.45. The zero-order chi connectivity index (χ0) is 16.2. The molecule has 1 atom stereocenters. The van der Waals surface area contributed by atoms with E-state index in [1.165, 1.54) is 11.1 Å². The Morgan fingerprint density at radius 3 is 2.96 bits per heavy atom. The molecule has 0 saturated heterocycles. The summed E-state index contributed by atoms with van der Waals surface area (Å²) < 4.78 is 5.32. The number of hydrogen-bond donors (Lipinski definition) is 2. The standard InChI is InChI=1S/C18H21N3OS/c1-12-5-3-8-17(19-12)21-18(23)20-16-7-4-6-13-11-14(22-2)9-10-15(13)16/h3,5,8-11,16H,4,6-7H2,1-2H3,(H2,19,20,21,23)/t16-/m1/s1. The molecule has 120 valence electrons. The van der Waals surface area contributed by atoms with Crippen molar-refractivity contribution >= 4 is 23.1 Å². The van der Waals surface area contributed by atoms with Crippen LogP contribution in [-0.2, 0) is 6.42 Å². The number of fused-ring (bicyclic) bond motifs is 1. The van der Waals surface area contributed by atoms with E-state index in [0.717, 1.165) is 36.5 Å². The molecule has 1 aliphatic rings. The van der Waals surface area contributed by atoms with Crippen molar-refractivity contribution in [3.05, 3.63) is 53.2 Å². The number of ether oxygens (including phenoxy) is 1. The van der Waals surface area contributed by atoms with E-state index in [-0.39, 0.29) is 6.04 Å². The van der Waals surface area contributed by atoms with Gasteiger partial charge in [0.2, 0.25) is 0 Å². The quantitative estimate of drug-likeness (QED) is 0.841. The topological polar surface area (TPSA) is 46.2 Å². The molecule has 1 aliphatic carbocycles. The van der Waals surface area contributed by atoms with E-state index < -0.39 is 0 Å². The summed E-state index contributed by atoms with van der Waals surface area (Å²) in [5, 5.41) is 7.20. The SMILES string of the molecule is COc1ccc2c(c1)CCC[C@H]2NC(=S)Nc1cccc(C)n1. The molecule has 1 heterocycles. The van der Waals surface area contributed by atoms with Crippen molar-refractivity contribution in [1.82, 2.24) is 10.3 Å². The Bertz CT molecular complexity index is 717. The highest BCUT2D eigenvalue weighted by Gasteiger charge is 2.21. The van der Waals surface area contributed by atoms with Crippen LogP contribution in [0, 0.1) is 6.92 Å². The molecule has 0 bridgehead atoms. The third-order valence-electron chi connectivity index (χ3n) is 4.10. The van der Waals surface area contributed by atoms with Crippen molar-refractivity contribution in [2.45, 2.75) is 32.2 Å². The first-order valence-electron chi connectivity index (χ1n) is 7.83. The third-order valence-corrected chi connectivity index (χ3v) is 4.32. The van der Waals surface area contributed by atoms with Crippen LogP contribution in [0.5, 0.6) is 5.75 Å². The van der Waals surface area contributed by atoms with Crippen molar-refractivity contribution in [3.8, 4) is 5.75 Å². The highest BCUT2D eigenvalue weighted by Crippen LogP contribution is 2.32. The lowest BCUT2D eigenvalue weighted by Crippen LogP contribution is -2.34. The summed E-state index contributed by atoms with van der Waals surface area (Å²) in [5.74, 6) is 1.68. The van der Waals surface area contributed by atoms with E-state index in [0.29, 0.717) is 5.11 Å². The monoisotopic (exact) mass is 327 g/mol. The maximum atomic E-state index is 5.45. The van der Waals surface area contributed by atoms with Gasteiger partial charge in [0.05, 0.1) is 13.2 Å². The van der Waals surface area contributed by atoms with Gasteiger partial charge in [-0.1, -0.05) is 12.1 Å². The highest BCUT2D eigenvalue weighted by molar-refractivity contribution is 7.80. The van der Waals surface area contributed by atoms with Crippen LogP contribution in [0.4, 0.5) is 5.82 Å². The molecule has 0 unspecified atom stereocenters. The van der Waals surface area contributed by atoms with Crippen molar-refractivity contribution in [2.75, 3.05) is 12.4 Å². The molecule has 23 heavy (non-hydrogen) atoms. The summed E-state index contributed by atoms with van der Waals surface area (Å²) in [6.45, 7) is 1.96. The van der Waals surface area contributed by atoms with Crippen molar-refractivity contribution in [2.24, 2.45) is 0 Å². The zero-order valence-electron chi connectivity index (χ0n) is 13.4. The molecule has 3 rings (SSSR count). The molecule has 1 aromatic carbocycles. The number of benzene rings is 1. The molecule has 4 nitrogen and oxygen atoms in total. The van der Waals surface area contributed by atoms with Crippen LogP contribution in [0.15, 0.2) is 36.4 Å². The molecule has 0 aliphatic heterocycles. The third kappa shape index (κ3) is 3.79. The molecule has 0 fully saturated rings. The summed E-state index contributed by atoms with van der Waals surface area (Å²) in [5.41, 5.74) is 3.61. The molecule has 0 saturated carbocycles. The van der Waals surface area contributed by atoms with Gasteiger partial charge in [-0.05, 0) is 73.8 Å². The largest absolute Gasteiger partial charge is 0.497 e. The first kappa shape index (κ1) is 15.7. The first-order valence-corrected chi connectivity index (χ1v) is 8.24. The number of nitrogens with one attached hydrogen (secondary N) is 2. The number of hydrogen-bond acceptors (Lipinski definition) is 3. The van der Waals surface area contributed by atoms with Gasteiger partial charge in [-0.25, -0.2) is 4.98 Å². The Morgan fingerprint density at radius 1 is 1.30 bits per heavy atom. The fraction of sp³-hybridized carbons (Fsp3) is 0.333. The van der Waals surface area contributed by atoms with Crippen LogP contribution in [0.2, 0.25) is 0 Å². The Hall–Kier alpha value is -2.14. The smallest absolute Gasteiger partial charge is 0.172 e. The zero-order valence-corrected chi connectivity index (χ0v) is 14.2. The number of aryl methyl sites for hydroxylation is 2. The minimum atomic E-state index is 0.231. The van der Waals surface area contributed by atoms with E-state index in [1.54, 1.807) is 7.11 Å². The van der Waals surface area contributed by atoms with E-state index >= 15 is 0 Å². The van der Waals surface area contributed by atoms with Crippen LogP contribution in [0.1, 0.15) is 35.7 Å². The molecule has 0 amide bonds. The van der Waals surface area contributed by atoms with E-state index in [4.69, 9.17) is 17.0 Å². The average Bonchev–Trinajstić information content (AvgIpc) is 2.54. The number of thiocarbonyl (C=S) groups is 1. The second-order valence-corrected chi connectivity index (χ2v) is 6.18. The van der Waals surface area contributed by atoms with Crippen LogP contribution in [0.3, 0.4) is 0 Å². The van der Waals surface area contributed by atoms with Gasteiger partial charge < -0.3 is 15.4 Å². The molecule has 0 radical (unpaired) electrons. The van der Waals surface area contributed by atoms with Crippen LogP contribution < -0.4 is 15.4 Å². The van der Waals surface area contributed by atoms with Crippen molar-refractivity contribution in [1.29, 1.82) is 0 Å². The molecule has 2 N–H and O–H groups in total. The van der Waals surface area contributed by atoms with Crippen LogP contribution >= 0.6 is 12.2 Å². The fourth-order valence-electron chi connectivity index (χ4n) is 2.99. The summed E-state index contributed by atoms with van der Waals surface area (Å²) in [7, 11) is 1.70. The summed E-state index contributed by atoms with van der Waals surface area (Å²) >= 11 is 5.45. The van der Waals surface area contributed by atoms with Gasteiger partial charge >= 0.3 is 0 Å². The number of aromatic nitrogens is 1. The van der Waals surface area contributed by atoms with Crippen molar-refractivity contribution < 1.29 is 4.74 Å². The Balaban J connectivity index is 1.70. The van der Waals surface area contributed by atoms with Crippen LogP contribution in [0.25, 0.3) is 0 Å². The maximum Gasteiger partial charge on any atom is 0.172 e. The average molecular weight is 327 g/mol. The fourth-order valence-corrected chi connectivity index (χ4v) is 3.24. The molecular formula is C18H21N3OS.